The highest BCUT2D eigenvalue weighted by Gasteiger charge is 2.15. The molecular weight excluding hydrogens is 126 g/mol. The van der Waals surface area contributed by atoms with Crippen LogP contribution in [-0.4, -0.2) is 31.3 Å². The molecule has 0 saturated carbocycles. The van der Waals surface area contributed by atoms with Gasteiger partial charge in [-0.15, -0.1) is 0 Å². The van der Waals surface area contributed by atoms with Crippen molar-refractivity contribution in [1.82, 2.24) is 4.90 Å². The topological polar surface area (TPSA) is 20.3 Å². The maximum absolute atomic E-state index is 10.2. The number of carbonyl (C=O) groups is 1. The lowest BCUT2D eigenvalue weighted by Gasteiger charge is -2.28. The van der Waals surface area contributed by atoms with E-state index in [2.05, 4.69) is 11.9 Å². The molecular formula is C8H15NO. The predicted octanol–water partition coefficient (Wildman–Crippen LogP) is 0.917. The van der Waals surface area contributed by atoms with E-state index < -0.39 is 0 Å². The molecule has 0 aromatic heterocycles. The number of aldehydes is 1. The normalized spacial score (nSPS) is 28.3. The monoisotopic (exact) mass is 141 g/mol. The molecule has 0 aromatic rings. The van der Waals surface area contributed by atoms with Gasteiger partial charge in [-0.3, -0.25) is 0 Å². The van der Waals surface area contributed by atoms with Crippen molar-refractivity contribution < 1.29 is 4.79 Å². The smallest absolute Gasteiger partial charge is 0.120 e. The Kier molecular flexibility index (Phi) is 2.87. The molecule has 0 bridgehead atoms. The molecule has 1 rings (SSSR count). The van der Waals surface area contributed by atoms with E-state index in [1.54, 1.807) is 0 Å². The molecule has 1 saturated heterocycles. The zero-order valence-electron chi connectivity index (χ0n) is 6.55. The zero-order valence-corrected chi connectivity index (χ0v) is 6.55. The maximum atomic E-state index is 10.2. The van der Waals surface area contributed by atoms with Crippen molar-refractivity contribution in [3.8, 4) is 0 Å². The quantitative estimate of drug-likeness (QED) is 0.533. The second kappa shape index (κ2) is 3.71. The molecule has 1 fully saturated rings. The number of rotatable bonds is 2. The van der Waals surface area contributed by atoms with Crippen LogP contribution in [0.15, 0.2) is 0 Å². The number of carbonyl (C=O) groups excluding carboxylic acids is 1. The molecule has 58 valence electrons. The molecule has 0 N–H and O–H groups in total. The Morgan fingerprint density at radius 1 is 1.70 bits per heavy atom. The second-order valence-electron chi connectivity index (χ2n) is 3.17. The van der Waals surface area contributed by atoms with Gasteiger partial charge in [-0.2, -0.15) is 0 Å². The van der Waals surface area contributed by atoms with Crippen molar-refractivity contribution in [2.45, 2.75) is 19.3 Å². The molecule has 2 heteroatoms. The number of likely N-dealkylation sites (tertiary alicyclic amines) is 1. The van der Waals surface area contributed by atoms with Gasteiger partial charge in [-0.25, -0.2) is 0 Å². The van der Waals surface area contributed by atoms with Crippen molar-refractivity contribution in [2.75, 3.05) is 20.1 Å². The van der Waals surface area contributed by atoms with Crippen molar-refractivity contribution in [1.29, 1.82) is 0 Å². The van der Waals surface area contributed by atoms with Crippen LogP contribution in [0.5, 0.6) is 0 Å². The minimum Gasteiger partial charge on any atom is -0.306 e. The van der Waals surface area contributed by atoms with E-state index in [1.165, 1.54) is 19.4 Å². The largest absolute Gasteiger partial charge is 0.306 e. The summed E-state index contributed by atoms with van der Waals surface area (Å²) in [5.41, 5.74) is 0. The zero-order chi connectivity index (χ0) is 7.40. The first-order valence-electron chi connectivity index (χ1n) is 3.95. The average molecular weight is 141 g/mol. The summed E-state index contributed by atoms with van der Waals surface area (Å²) in [7, 11) is 2.12. The van der Waals surface area contributed by atoms with Crippen molar-refractivity contribution in [3.05, 3.63) is 0 Å². The lowest BCUT2D eigenvalue weighted by molar-refractivity contribution is -0.108. The van der Waals surface area contributed by atoms with Gasteiger partial charge in [0.15, 0.2) is 0 Å². The van der Waals surface area contributed by atoms with E-state index in [4.69, 9.17) is 0 Å². The van der Waals surface area contributed by atoms with Crippen molar-refractivity contribution >= 4 is 6.29 Å². The number of hydrogen-bond donors (Lipinski definition) is 0. The van der Waals surface area contributed by atoms with Gasteiger partial charge in [-0.05, 0) is 32.4 Å². The standard InChI is InChI=1S/C8H15NO/c1-9-5-2-3-8(7-9)4-6-10/h6,8H,2-5,7H2,1H3/t8-/m0/s1. The van der Waals surface area contributed by atoms with Crippen LogP contribution in [0.2, 0.25) is 0 Å². The Bertz CT molecular complexity index is 114. The van der Waals surface area contributed by atoms with E-state index in [1.807, 2.05) is 0 Å². The summed E-state index contributed by atoms with van der Waals surface area (Å²) in [5.74, 6) is 0.635. The van der Waals surface area contributed by atoms with E-state index in [9.17, 15) is 4.79 Å². The molecule has 10 heavy (non-hydrogen) atoms. The van der Waals surface area contributed by atoms with Crippen LogP contribution < -0.4 is 0 Å². The fourth-order valence-corrected chi connectivity index (χ4v) is 1.60. The number of piperidine rings is 1. The summed E-state index contributed by atoms with van der Waals surface area (Å²) in [6.07, 6.45) is 4.30. The fourth-order valence-electron chi connectivity index (χ4n) is 1.60. The van der Waals surface area contributed by atoms with E-state index in [-0.39, 0.29) is 0 Å². The van der Waals surface area contributed by atoms with Crippen LogP contribution in [0, 0.1) is 5.92 Å². The molecule has 2 nitrogen and oxygen atoms in total. The van der Waals surface area contributed by atoms with Crippen LogP contribution in [-0.2, 0) is 4.79 Å². The molecule has 0 spiro atoms. The highest BCUT2D eigenvalue weighted by atomic mass is 16.1. The Morgan fingerprint density at radius 3 is 3.10 bits per heavy atom. The second-order valence-corrected chi connectivity index (χ2v) is 3.17. The molecule has 0 radical (unpaired) electrons. The molecule has 1 heterocycles. The number of nitrogens with zero attached hydrogens (tertiary/aromatic N) is 1. The van der Waals surface area contributed by atoms with Gasteiger partial charge in [0.25, 0.3) is 0 Å². The van der Waals surface area contributed by atoms with Crippen molar-refractivity contribution in [3.63, 3.8) is 0 Å². The summed E-state index contributed by atoms with van der Waals surface area (Å²) >= 11 is 0. The first kappa shape index (κ1) is 7.73. The molecule has 0 unspecified atom stereocenters. The first-order chi connectivity index (χ1) is 4.83. The highest BCUT2D eigenvalue weighted by molar-refractivity contribution is 5.49. The minimum atomic E-state index is 0.635. The van der Waals surface area contributed by atoms with Crippen molar-refractivity contribution in [2.24, 2.45) is 5.92 Å². The van der Waals surface area contributed by atoms with E-state index in [0.29, 0.717) is 5.92 Å². The lowest BCUT2D eigenvalue weighted by atomic mass is 9.96. The Morgan fingerprint density at radius 2 is 2.50 bits per heavy atom. The van der Waals surface area contributed by atoms with Gasteiger partial charge < -0.3 is 9.69 Å². The van der Waals surface area contributed by atoms with Gasteiger partial charge in [0, 0.05) is 13.0 Å². The van der Waals surface area contributed by atoms with Gasteiger partial charge >= 0.3 is 0 Å². The Hall–Kier alpha value is -0.370. The molecule has 0 aliphatic carbocycles. The SMILES string of the molecule is CN1CCC[C@@H](CC=O)C1. The minimum absolute atomic E-state index is 0.635. The van der Waals surface area contributed by atoms with Crippen LogP contribution in [0.3, 0.4) is 0 Å². The van der Waals surface area contributed by atoms with Crippen LogP contribution in [0.25, 0.3) is 0 Å². The summed E-state index contributed by atoms with van der Waals surface area (Å²) in [5, 5.41) is 0. The molecule has 1 aliphatic rings. The summed E-state index contributed by atoms with van der Waals surface area (Å²) in [6.45, 7) is 2.31. The maximum Gasteiger partial charge on any atom is 0.120 e. The average Bonchev–Trinajstić information content (AvgIpc) is 1.88. The highest BCUT2D eigenvalue weighted by Crippen LogP contribution is 2.16. The fraction of sp³-hybridized carbons (Fsp3) is 0.875. The first-order valence-corrected chi connectivity index (χ1v) is 3.95. The third kappa shape index (κ3) is 2.10. The lowest BCUT2D eigenvalue weighted by Crippen LogP contribution is -2.32. The molecule has 1 aliphatic heterocycles. The predicted molar refractivity (Wildman–Crippen MR) is 40.9 cm³/mol. The van der Waals surface area contributed by atoms with E-state index in [0.717, 1.165) is 19.3 Å². The van der Waals surface area contributed by atoms with E-state index >= 15 is 0 Å². The summed E-state index contributed by atoms with van der Waals surface area (Å²) < 4.78 is 0. The molecule has 0 amide bonds. The van der Waals surface area contributed by atoms with Gasteiger partial charge in [0.05, 0.1) is 0 Å². The van der Waals surface area contributed by atoms with Crippen LogP contribution >= 0.6 is 0 Å². The molecule has 0 aromatic carbocycles. The van der Waals surface area contributed by atoms with Gasteiger partial charge in [0.1, 0.15) is 6.29 Å². The van der Waals surface area contributed by atoms with Crippen LogP contribution in [0.4, 0.5) is 0 Å². The van der Waals surface area contributed by atoms with Gasteiger partial charge in [-0.1, -0.05) is 0 Å². The third-order valence-electron chi connectivity index (χ3n) is 2.15. The molecule has 1 atom stereocenters. The summed E-state index contributed by atoms with van der Waals surface area (Å²) in [6, 6.07) is 0. The Balaban J connectivity index is 2.24. The Labute approximate surface area is 62.2 Å². The van der Waals surface area contributed by atoms with Gasteiger partial charge in [0.2, 0.25) is 0 Å². The third-order valence-corrected chi connectivity index (χ3v) is 2.15. The van der Waals surface area contributed by atoms with Crippen LogP contribution in [0.1, 0.15) is 19.3 Å². The summed E-state index contributed by atoms with van der Waals surface area (Å²) in [4.78, 5) is 12.5. The number of hydrogen-bond acceptors (Lipinski definition) is 2.